The molecule has 73 heavy (non-hydrogen) atoms. The molecule has 6 saturated heterocycles. The van der Waals surface area contributed by atoms with Crippen LogP contribution in [0, 0.1) is 0 Å². The van der Waals surface area contributed by atoms with E-state index in [9.17, 15) is 19.5 Å². The van der Waals surface area contributed by atoms with Crippen LogP contribution in [0.2, 0.25) is 20.1 Å². The number of aromatic nitrogens is 2. The number of aliphatic hydroxyl groups excluding tert-OH is 2. The molecule has 0 bridgehead atoms. The molecule has 4 aromatic rings. The fourth-order valence-electron chi connectivity index (χ4n) is 11.1. The number of hydrogen-bond acceptors (Lipinski definition) is 15. The second-order valence-corrected chi connectivity index (χ2v) is 20.5. The van der Waals surface area contributed by atoms with Crippen molar-refractivity contribution in [2.75, 3.05) is 98.5 Å². The summed E-state index contributed by atoms with van der Waals surface area (Å²) in [5, 5.41) is 27.8. The molecule has 6 fully saturated rings. The van der Waals surface area contributed by atoms with Crippen LogP contribution in [0.15, 0.2) is 70.1 Å². The normalized spacial score (nSPS) is 24.9. The largest absolute Gasteiger partial charge is 1.00 e. The molecule has 10 rings (SSSR count). The van der Waals surface area contributed by atoms with Gasteiger partial charge in [0.1, 0.15) is 24.3 Å². The van der Waals surface area contributed by atoms with Crippen molar-refractivity contribution in [2.45, 2.75) is 87.8 Å². The Bertz CT molecular complexity index is 2380. The van der Waals surface area contributed by atoms with E-state index in [0.29, 0.717) is 90.6 Å². The molecule has 0 aliphatic carbocycles. The molecular formula is C50H67BCl4N8NaO9. The Morgan fingerprint density at radius 1 is 0.658 bits per heavy atom. The first-order valence-electron chi connectivity index (χ1n) is 24.6. The topological polar surface area (TPSA) is 182 Å². The predicted octanol–water partition coefficient (Wildman–Crippen LogP) is 2.40. The number of hydrogen-bond donors (Lipinski definition) is 2. The molecule has 2 amide bonds. The molecule has 2 N–H and O–H groups in total. The van der Waals surface area contributed by atoms with E-state index in [-0.39, 0.29) is 121 Å². The van der Waals surface area contributed by atoms with E-state index >= 15 is 0 Å². The Hall–Kier alpha value is -2.63. The van der Waals surface area contributed by atoms with E-state index in [4.69, 9.17) is 70.0 Å². The van der Waals surface area contributed by atoms with E-state index in [2.05, 4.69) is 29.9 Å². The third-order valence-electron chi connectivity index (χ3n) is 14.5. The number of rotatable bonds is 12. The van der Waals surface area contributed by atoms with Crippen molar-refractivity contribution in [1.29, 1.82) is 0 Å². The van der Waals surface area contributed by atoms with Crippen LogP contribution >= 0.6 is 46.4 Å². The van der Waals surface area contributed by atoms with Crippen LogP contribution in [0.4, 0.5) is 0 Å². The molecule has 393 valence electrons. The summed E-state index contributed by atoms with van der Waals surface area (Å²) in [7, 11) is 0. The van der Waals surface area contributed by atoms with Gasteiger partial charge >= 0.3 is 29.6 Å². The fourth-order valence-corrected chi connectivity index (χ4v) is 11.7. The van der Waals surface area contributed by atoms with Crippen molar-refractivity contribution in [1.82, 2.24) is 39.7 Å². The molecule has 0 spiro atoms. The number of benzene rings is 2. The second-order valence-electron chi connectivity index (χ2n) is 18.9. The summed E-state index contributed by atoms with van der Waals surface area (Å²) < 4.78 is 21.9. The zero-order valence-electron chi connectivity index (χ0n) is 42.6. The Morgan fingerprint density at radius 3 is 1.56 bits per heavy atom. The number of β-amino-alcohol motifs (C(OH)–C–C–N with tert-alkyl or cyclic N) is 1. The number of ether oxygens (including phenoxy) is 2. The van der Waals surface area contributed by atoms with Gasteiger partial charge in [0, 0.05) is 61.3 Å². The van der Waals surface area contributed by atoms with Crippen LogP contribution in [-0.2, 0) is 31.9 Å². The molecule has 0 saturated carbocycles. The molecule has 23 heteroatoms. The number of ketones is 1. The average Bonchev–Trinajstić information content (AvgIpc) is 4.24. The number of amides is 2. The van der Waals surface area contributed by atoms with Crippen molar-refractivity contribution >= 4 is 72.4 Å². The third kappa shape index (κ3) is 14.9. The fraction of sp³-hybridized carbons (Fsp3) is 0.580. The first kappa shape index (κ1) is 59.6. The van der Waals surface area contributed by atoms with Crippen LogP contribution in [0.3, 0.4) is 0 Å². The quantitative estimate of drug-likeness (QED) is 0.156. The molecule has 1 unspecified atom stereocenters. The number of nitrogens with zero attached hydrogens (tertiary/aromatic N) is 8. The van der Waals surface area contributed by atoms with Crippen molar-refractivity contribution in [3.8, 4) is 0 Å². The Balaban J connectivity index is 0.000000294. The zero-order valence-corrected chi connectivity index (χ0v) is 46.6. The molecule has 2 aromatic carbocycles. The summed E-state index contributed by atoms with van der Waals surface area (Å²) >= 11 is 24.5. The van der Waals surface area contributed by atoms with Gasteiger partial charge < -0.3 is 40.0 Å². The van der Waals surface area contributed by atoms with Crippen molar-refractivity contribution < 1.29 is 75.5 Å². The summed E-state index contributed by atoms with van der Waals surface area (Å²) in [6, 6.07) is 14.0. The van der Waals surface area contributed by atoms with Crippen LogP contribution in [0.5, 0.6) is 0 Å². The van der Waals surface area contributed by atoms with Crippen LogP contribution in [0.25, 0.3) is 0 Å². The van der Waals surface area contributed by atoms with Crippen molar-refractivity contribution in [3.63, 3.8) is 0 Å². The average molecular weight is 1100 g/mol. The summed E-state index contributed by atoms with van der Waals surface area (Å²) in [6.07, 6.45) is 7.28. The number of piperazine rings is 2. The van der Waals surface area contributed by atoms with Gasteiger partial charge in [0.25, 0.3) is 0 Å². The minimum Gasteiger partial charge on any atom is -1.00 e. The molecule has 2 aromatic heterocycles. The number of likely N-dealkylation sites (tertiary alicyclic amines) is 2. The number of halogens is 4. The smallest absolute Gasteiger partial charge is 1.00 e. The summed E-state index contributed by atoms with van der Waals surface area (Å²) in [5.74, 6) is 0.0459. The maximum absolute atomic E-state index is 13.6. The Labute approximate surface area is 474 Å². The van der Waals surface area contributed by atoms with Gasteiger partial charge in [-0.1, -0.05) is 68.8 Å². The maximum atomic E-state index is 13.6. The van der Waals surface area contributed by atoms with Gasteiger partial charge in [0.15, 0.2) is 11.5 Å². The molecule has 6 aliphatic rings. The monoisotopic (exact) mass is 1100 g/mol. The van der Waals surface area contributed by atoms with Gasteiger partial charge in [0.2, 0.25) is 11.8 Å². The van der Waals surface area contributed by atoms with Gasteiger partial charge in [-0.2, -0.15) is 0 Å². The molecule has 7 atom stereocenters. The van der Waals surface area contributed by atoms with Gasteiger partial charge in [-0.05, 0) is 94.2 Å². The van der Waals surface area contributed by atoms with Gasteiger partial charge in [-0.25, -0.2) is 0 Å². The third-order valence-corrected chi connectivity index (χ3v) is 15.9. The number of carbonyl (C=O) groups excluding carboxylic acids is 3. The van der Waals surface area contributed by atoms with Crippen molar-refractivity contribution in [3.05, 3.63) is 104 Å². The number of carbonyl (C=O) groups is 3. The standard InChI is InChI=1S/C24H30Cl2N4O4.C24H28Cl2N4O4.C2H6O.B.Na.H2.H/c2*25-17-4-3-16(11-18(17)26)12-23(32)30-9-8-29(13-22(31)19-5-10-34-27-19)21-15-33-14-20(24(21)30)28-6-1-2-7-28;1-2-3;;;;/h3-5,10-11,20-22,24,31H,1-2,6-9,12-15H2;3-5,10-11,20-21,24H,1-2,6-9,12-15H2;3H,2H2,1H3;;;1H;/q;;;;+1;;-1/t20-,21+,22?,24+;20-,21+,24+;;;;;/m00...../s1/i;;;;;1+1;. The van der Waals surface area contributed by atoms with Gasteiger partial charge in [0.05, 0.1) is 102 Å². The van der Waals surface area contributed by atoms with Gasteiger partial charge in [-0.3, -0.25) is 34.0 Å². The van der Waals surface area contributed by atoms with E-state index in [1.807, 2.05) is 21.9 Å². The molecule has 8 heterocycles. The van der Waals surface area contributed by atoms with Crippen LogP contribution in [-0.4, -0.2) is 211 Å². The first-order chi connectivity index (χ1) is 34.4. The summed E-state index contributed by atoms with van der Waals surface area (Å²) in [4.78, 5) is 53.3. The molecule has 17 nitrogen and oxygen atoms in total. The first-order valence-corrected chi connectivity index (χ1v) is 26.2. The van der Waals surface area contributed by atoms with E-state index in [0.717, 1.165) is 50.1 Å². The predicted molar refractivity (Wildman–Crippen MR) is 277 cm³/mol. The molecule has 6 aliphatic heterocycles. The van der Waals surface area contributed by atoms with E-state index in [1.165, 1.54) is 25.4 Å². The zero-order chi connectivity index (χ0) is 50.0. The number of fused-ring (bicyclic) bond motifs is 2. The summed E-state index contributed by atoms with van der Waals surface area (Å²) in [6.45, 7) is 11.2. The molecule has 3 radical (unpaired) electrons. The van der Waals surface area contributed by atoms with Crippen molar-refractivity contribution in [2.24, 2.45) is 0 Å². The number of Topliss-reactive ketones (excluding diaryl/α,β-unsaturated/α-hetero) is 1. The summed E-state index contributed by atoms with van der Waals surface area (Å²) in [5.41, 5.74) is 2.53. The SMILES string of the molecule is CCO.O=C(CN1CCN(C(=O)Cc2ccc(Cl)c(Cl)c2)[C@H]2[C@H]1COC[C@@H]2N1CCCC1)c1ccon1.O=C(Cc1ccc(Cl)c(Cl)c1)N1CCN(CC(O)c2ccon2)[C@@H]2COC[C@H](N3CCCC3)[C@H]21.[2HH].[B].[H-].[Na+]. The second kappa shape index (κ2) is 28.7. The number of aliphatic hydroxyl groups is 2. The van der Waals surface area contributed by atoms with Crippen LogP contribution < -0.4 is 29.6 Å². The minimum atomic E-state index is -0.759. The van der Waals surface area contributed by atoms with Crippen LogP contribution in [0.1, 0.15) is 68.9 Å². The Kier molecular flexibility index (Phi) is 23.4. The van der Waals surface area contributed by atoms with E-state index in [1.54, 1.807) is 43.3 Å². The maximum Gasteiger partial charge on any atom is 1.00 e. The molecular weight excluding hydrogens is 1030 g/mol. The van der Waals surface area contributed by atoms with Gasteiger partial charge in [-0.15, -0.1) is 0 Å². The minimum absolute atomic E-state index is 0. The van der Waals surface area contributed by atoms with E-state index < -0.39 is 6.10 Å². The Morgan fingerprint density at radius 2 is 1.11 bits per heavy atom.